The number of nitrogens with one attached hydrogen (secondary N) is 9. The van der Waals surface area contributed by atoms with Gasteiger partial charge in [0.15, 0.2) is 17.9 Å². The Morgan fingerprint density at radius 1 is 0.445 bits per heavy atom. The lowest BCUT2D eigenvalue weighted by Gasteiger charge is -2.32. The van der Waals surface area contributed by atoms with Crippen molar-refractivity contribution in [3.8, 4) is 0 Å². The SMILES string of the molecule is COC(=O)CNC(=O)[C@H](Cc1ccccc1)NC(=O)[C@H](Cc1ccccc1)NC(=O)[C@H](CCC(N)=O)NC(=O)[C@H](CCC(N)=O)NC(=O)[C@@H]1CCCN1C(=O)[C@H](CCCCN)NC(=O)[C@@H]1CCCN1C(=O)[C@H](CCCN=C(N)N)NC(=O)[C@H](CCCN=C(N)N)NC(=O)[C@H](CC(C)C)NC(=O)[C@@H](N)CCCN=C(N)N. The van der Waals surface area contributed by atoms with Crippen LogP contribution in [0.5, 0.6) is 0 Å². The Hall–Kier alpha value is -11.2. The van der Waals surface area contributed by atoms with Gasteiger partial charge < -0.3 is 120 Å². The van der Waals surface area contributed by atoms with E-state index < -0.39 is 181 Å². The Morgan fingerprint density at radius 2 is 0.809 bits per heavy atom. The third-order valence-corrected chi connectivity index (χ3v) is 18.1. The summed E-state index contributed by atoms with van der Waals surface area (Å²) >= 11 is 0. The predicted molar refractivity (Wildman–Crippen MR) is 407 cm³/mol. The van der Waals surface area contributed by atoms with E-state index in [1.807, 2.05) is 13.8 Å². The number of primary amides is 2. The van der Waals surface area contributed by atoms with E-state index in [9.17, 15) is 62.3 Å². The molecule has 0 aliphatic carbocycles. The van der Waals surface area contributed by atoms with Crippen molar-refractivity contribution in [1.82, 2.24) is 57.7 Å². The molecule has 2 saturated heterocycles. The van der Waals surface area contributed by atoms with E-state index in [2.05, 4.69) is 67.6 Å². The number of ether oxygens (including phenoxy) is 1. The Bertz CT molecular complexity index is 3500. The van der Waals surface area contributed by atoms with Crippen LogP contribution in [-0.2, 0) is 84.7 Å². The zero-order chi connectivity index (χ0) is 81.4. The molecule has 0 bridgehead atoms. The molecule has 2 fully saturated rings. The van der Waals surface area contributed by atoms with Gasteiger partial charge in [-0.05, 0) is 126 Å². The molecular formula is C71H114N24O15. The van der Waals surface area contributed by atoms with Gasteiger partial charge in [-0.25, -0.2) is 0 Å². The molecule has 39 heteroatoms. The molecular weight excluding hydrogens is 1430 g/mol. The number of hydrogen-bond acceptors (Lipinski definition) is 20. The first-order chi connectivity index (χ1) is 52.3. The summed E-state index contributed by atoms with van der Waals surface area (Å²) in [6.45, 7) is 3.60. The van der Waals surface area contributed by atoms with Crippen LogP contribution in [-0.4, -0.2) is 230 Å². The number of hydrogen-bond donors (Lipinski definition) is 19. The summed E-state index contributed by atoms with van der Waals surface area (Å²) in [5, 5.41) is 23.9. The van der Waals surface area contributed by atoms with Crippen molar-refractivity contribution in [3.63, 3.8) is 0 Å². The second kappa shape index (κ2) is 48.2. The van der Waals surface area contributed by atoms with Crippen LogP contribution in [0, 0.1) is 5.92 Å². The van der Waals surface area contributed by atoms with Crippen molar-refractivity contribution in [2.45, 2.75) is 209 Å². The number of likely N-dealkylation sites (tertiary alicyclic amines) is 2. The van der Waals surface area contributed by atoms with E-state index in [1.165, 1.54) is 9.80 Å². The Kier molecular flexibility index (Phi) is 40.0. The number of carbonyl (C=O) groups is 14. The molecule has 0 saturated carbocycles. The molecule has 2 aliphatic heterocycles. The van der Waals surface area contributed by atoms with Crippen molar-refractivity contribution in [1.29, 1.82) is 0 Å². The molecule has 2 aromatic rings. The van der Waals surface area contributed by atoms with Gasteiger partial charge in [-0.2, -0.15) is 0 Å². The lowest BCUT2D eigenvalue weighted by Crippen LogP contribution is -2.60. The van der Waals surface area contributed by atoms with E-state index >= 15 is 4.79 Å². The summed E-state index contributed by atoms with van der Waals surface area (Å²) in [5.41, 5.74) is 57.6. The summed E-state index contributed by atoms with van der Waals surface area (Å²) in [5.74, 6) is -12.2. The summed E-state index contributed by atoms with van der Waals surface area (Å²) in [4.78, 5) is 210. The number of nitrogens with zero attached hydrogens (tertiary/aromatic N) is 5. The average Bonchev–Trinajstić information content (AvgIpc) is 1.61. The standard InChI is InChI=1S/C71H114N24O15/c1-41(2)37-50(91-58(99)44(73)21-12-32-82-69(76)77)63(104)86-45(23-13-33-83-70(78)79)60(101)89-49(24-14-34-84-71(80)81)68(109)95-36-16-26-54(95)66(107)90-48(22-10-11-31-72)67(108)94-35-15-25-53(94)65(106)88-47(28-30-56(75)97)61(102)87-46(27-29-55(74)96)62(103)93-52(39-43-19-8-5-9-20-43)64(105)92-51(38-42-17-6-4-7-18-42)59(100)85-40-57(98)110-3/h4-9,17-20,41,44-54H,10-16,21-40,72-73H2,1-3H3,(H2,74,96)(H2,75,97)(H,85,100)(H,86,104)(H,87,102)(H,88,106)(H,89,101)(H,90,107)(H,91,99)(H,92,105)(H,93,103)(H4,76,77,82)(H4,78,79,83)(H4,80,81,84)/t44-,45-,46-,47-,48-,49-,50-,51-,52-,53-,54-/m0/s1. The molecule has 11 atom stereocenters. The van der Waals surface area contributed by atoms with Gasteiger partial charge in [-0.15, -0.1) is 0 Å². The molecule has 2 aromatic carbocycles. The maximum absolute atomic E-state index is 15.0. The number of amides is 13. The number of carbonyl (C=O) groups excluding carboxylic acids is 14. The van der Waals surface area contributed by atoms with E-state index in [0.717, 1.165) is 7.11 Å². The first-order valence-electron chi connectivity index (χ1n) is 37.0. The number of aliphatic imine (C=N–C) groups is 3. The van der Waals surface area contributed by atoms with Gasteiger partial charge in [-0.1, -0.05) is 74.5 Å². The highest BCUT2D eigenvalue weighted by atomic mass is 16.5. The van der Waals surface area contributed by atoms with Crippen molar-refractivity contribution in [3.05, 3.63) is 71.8 Å². The first kappa shape index (κ1) is 91.1. The molecule has 13 amide bonds. The predicted octanol–water partition coefficient (Wildman–Crippen LogP) is -6.18. The van der Waals surface area contributed by atoms with Crippen molar-refractivity contribution < 1.29 is 71.9 Å². The van der Waals surface area contributed by atoms with Gasteiger partial charge in [0.1, 0.15) is 67.0 Å². The van der Waals surface area contributed by atoms with Crippen LogP contribution >= 0.6 is 0 Å². The van der Waals surface area contributed by atoms with Gasteiger partial charge in [0.2, 0.25) is 76.8 Å². The average molecular weight is 1540 g/mol. The number of esters is 1. The number of guanidine groups is 3. The van der Waals surface area contributed by atoms with Gasteiger partial charge >= 0.3 is 5.97 Å². The summed E-state index contributed by atoms with van der Waals surface area (Å²) < 4.78 is 4.67. The second-order valence-electron chi connectivity index (χ2n) is 27.4. The number of unbranched alkanes of at least 4 members (excludes halogenated alkanes) is 1. The highest BCUT2D eigenvalue weighted by Crippen LogP contribution is 2.24. The normalized spacial score (nSPS) is 16.2. The summed E-state index contributed by atoms with van der Waals surface area (Å²) in [6, 6.07) is 2.22. The molecule has 0 aromatic heterocycles. The fraction of sp³-hybridized carbons (Fsp3) is 0.592. The largest absolute Gasteiger partial charge is 0.468 e. The molecule has 0 unspecified atom stereocenters. The molecule has 29 N–H and O–H groups in total. The lowest BCUT2D eigenvalue weighted by molar-refractivity contribution is -0.145. The van der Waals surface area contributed by atoms with Gasteiger partial charge in [0.05, 0.1) is 13.2 Å². The Morgan fingerprint density at radius 3 is 1.25 bits per heavy atom. The third-order valence-electron chi connectivity index (χ3n) is 18.1. The minimum absolute atomic E-state index is 0.00837. The van der Waals surface area contributed by atoms with Crippen LogP contribution in [0.25, 0.3) is 0 Å². The third kappa shape index (κ3) is 33.1. The molecule has 110 heavy (non-hydrogen) atoms. The zero-order valence-electron chi connectivity index (χ0n) is 62.9. The molecule has 39 nitrogen and oxygen atoms in total. The van der Waals surface area contributed by atoms with Crippen LogP contribution in [0.4, 0.5) is 0 Å². The molecule has 0 spiro atoms. The Labute approximate surface area is 639 Å². The molecule has 0 radical (unpaired) electrons. The quantitative estimate of drug-likeness (QED) is 0.0127. The van der Waals surface area contributed by atoms with E-state index in [4.69, 9.17) is 57.3 Å². The monoisotopic (exact) mass is 1540 g/mol. The number of methoxy groups -OCH3 is 1. The van der Waals surface area contributed by atoms with Crippen LogP contribution in [0.15, 0.2) is 75.6 Å². The van der Waals surface area contributed by atoms with E-state index in [-0.39, 0.29) is 140 Å². The fourth-order valence-corrected chi connectivity index (χ4v) is 12.4. The summed E-state index contributed by atoms with van der Waals surface area (Å²) in [6.07, 6.45) is 0.163. The molecule has 608 valence electrons. The minimum Gasteiger partial charge on any atom is -0.468 e. The zero-order valence-corrected chi connectivity index (χ0v) is 62.9. The minimum atomic E-state index is -1.65. The first-order valence-corrected chi connectivity index (χ1v) is 37.0. The maximum atomic E-state index is 15.0. The highest BCUT2D eigenvalue weighted by Gasteiger charge is 2.43. The summed E-state index contributed by atoms with van der Waals surface area (Å²) in [7, 11) is 1.13. The fourth-order valence-electron chi connectivity index (χ4n) is 12.4. The molecule has 2 aliphatic rings. The topological polar surface area (TPSA) is 660 Å². The lowest BCUT2D eigenvalue weighted by atomic mass is 10.0. The van der Waals surface area contributed by atoms with E-state index in [1.54, 1.807) is 60.7 Å². The molecule has 2 heterocycles. The van der Waals surface area contributed by atoms with E-state index in [0.29, 0.717) is 36.8 Å². The van der Waals surface area contributed by atoms with Crippen molar-refractivity contribution in [2.75, 3.05) is 52.9 Å². The maximum Gasteiger partial charge on any atom is 0.325 e. The van der Waals surface area contributed by atoms with Crippen molar-refractivity contribution in [2.24, 2.45) is 78.2 Å². The smallest absolute Gasteiger partial charge is 0.325 e. The number of nitrogens with two attached hydrogens (primary N) is 10. The van der Waals surface area contributed by atoms with Gasteiger partial charge in [-0.3, -0.25) is 82.1 Å². The highest BCUT2D eigenvalue weighted by molar-refractivity contribution is 6.00. The van der Waals surface area contributed by atoms with Crippen molar-refractivity contribution >= 4 is 101 Å². The van der Waals surface area contributed by atoms with Crippen LogP contribution in [0.2, 0.25) is 0 Å². The number of benzene rings is 2. The van der Waals surface area contributed by atoms with Crippen LogP contribution in [0.1, 0.15) is 141 Å². The van der Waals surface area contributed by atoms with Crippen LogP contribution < -0.4 is 105 Å². The number of rotatable bonds is 49. The van der Waals surface area contributed by atoms with Gasteiger partial charge in [0.25, 0.3) is 0 Å². The Balaban J connectivity index is 1.61. The molecule has 4 rings (SSSR count). The second-order valence-corrected chi connectivity index (χ2v) is 27.4. The van der Waals surface area contributed by atoms with Gasteiger partial charge in [0, 0.05) is 58.4 Å². The van der Waals surface area contributed by atoms with Crippen LogP contribution in [0.3, 0.4) is 0 Å².